The molecule has 1 saturated heterocycles. The fraction of sp³-hybridized carbons (Fsp3) is 0.375. The van der Waals surface area contributed by atoms with Crippen LogP contribution in [0.3, 0.4) is 0 Å². The second-order valence-electron chi connectivity index (χ2n) is 5.46. The van der Waals surface area contributed by atoms with Crippen LogP contribution in [0.15, 0.2) is 28.8 Å². The SMILES string of the molecule is O=C(NCc1ccccc1Cl)c1nc(CC(=O)N2CCOCC2)no1. The monoisotopic (exact) mass is 364 g/mol. The fourth-order valence-electron chi connectivity index (χ4n) is 2.37. The number of hydrogen-bond acceptors (Lipinski definition) is 6. The van der Waals surface area contributed by atoms with Crippen molar-refractivity contribution >= 4 is 23.4 Å². The summed E-state index contributed by atoms with van der Waals surface area (Å²) in [6.07, 6.45) is -0.0126. The number of nitrogens with one attached hydrogen (secondary N) is 1. The van der Waals surface area contributed by atoms with Gasteiger partial charge in [-0.2, -0.15) is 4.98 Å². The van der Waals surface area contributed by atoms with Gasteiger partial charge in [0.15, 0.2) is 5.82 Å². The van der Waals surface area contributed by atoms with Crippen molar-refractivity contribution in [3.63, 3.8) is 0 Å². The fourth-order valence-corrected chi connectivity index (χ4v) is 2.57. The van der Waals surface area contributed by atoms with Gasteiger partial charge in [0.05, 0.1) is 19.6 Å². The lowest BCUT2D eigenvalue weighted by atomic mass is 10.2. The van der Waals surface area contributed by atoms with Crippen LogP contribution in [0.4, 0.5) is 0 Å². The van der Waals surface area contributed by atoms with E-state index >= 15 is 0 Å². The van der Waals surface area contributed by atoms with Crippen LogP contribution < -0.4 is 5.32 Å². The molecular weight excluding hydrogens is 348 g/mol. The molecule has 2 amide bonds. The van der Waals surface area contributed by atoms with Crippen LogP contribution in [0.25, 0.3) is 0 Å². The van der Waals surface area contributed by atoms with Crippen LogP contribution in [0.1, 0.15) is 22.1 Å². The van der Waals surface area contributed by atoms with Crippen molar-refractivity contribution in [1.29, 1.82) is 0 Å². The van der Waals surface area contributed by atoms with Gasteiger partial charge in [0.1, 0.15) is 0 Å². The molecule has 0 unspecified atom stereocenters. The number of aromatic nitrogens is 2. The average molecular weight is 365 g/mol. The molecule has 1 aromatic carbocycles. The Kier molecular flexibility index (Phi) is 5.62. The van der Waals surface area contributed by atoms with Gasteiger partial charge in [0, 0.05) is 24.7 Å². The molecule has 132 valence electrons. The Morgan fingerprint density at radius 1 is 1.24 bits per heavy atom. The van der Waals surface area contributed by atoms with E-state index in [9.17, 15) is 9.59 Å². The molecule has 0 bridgehead atoms. The zero-order valence-corrected chi connectivity index (χ0v) is 14.2. The Balaban J connectivity index is 1.54. The van der Waals surface area contributed by atoms with Crippen LogP contribution in [-0.2, 0) is 22.5 Å². The van der Waals surface area contributed by atoms with E-state index in [0.717, 1.165) is 5.56 Å². The summed E-state index contributed by atoms with van der Waals surface area (Å²) >= 11 is 6.04. The molecule has 1 aromatic heterocycles. The van der Waals surface area contributed by atoms with Gasteiger partial charge in [0.25, 0.3) is 0 Å². The van der Waals surface area contributed by atoms with Crippen LogP contribution in [0.2, 0.25) is 5.02 Å². The van der Waals surface area contributed by atoms with E-state index in [2.05, 4.69) is 15.5 Å². The highest BCUT2D eigenvalue weighted by Gasteiger charge is 2.21. The third kappa shape index (κ3) is 4.55. The molecule has 25 heavy (non-hydrogen) atoms. The number of morpholine rings is 1. The molecule has 3 rings (SSSR count). The van der Waals surface area contributed by atoms with Crippen molar-refractivity contribution in [3.8, 4) is 0 Å². The maximum absolute atomic E-state index is 12.1. The van der Waals surface area contributed by atoms with Crippen molar-refractivity contribution in [2.75, 3.05) is 26.3 Å². The zero-order chi connectivity index (χ0) is 17.6. The predicted octanol–water partition coefficient (Wildman–Crippen LogP) is 1.05. The minimum atomic E-state index is -0.516. The topological polar surface area (TPSA) is 97.6 Å². The van der Waals surface area contributed by atoms with E-state index in [0.29, 0.717) is 31.3 Å². The first kappa shape index (κ1) is 17.4. The Morgan fingerprint density at radius 2 is 2.00 bits per heavy atom. The van der Waals surface area contributed by atoms with Crippen LogP contribution in [-0.4, -0.2) is 53.2 Å². The van der Waals surface area contributed by atoms with Gasteiger partial charge < -0.3 is 19.5 Å². The third-order valence-corrected chi connectivity index (χ3v) is 4.10. The lowest BCUT2D eigenvalue weighted by molar-refractivity contribution is -0.134. The lowest BCUT2D eigenvalue weighted by Crippen LogP contribution is -2.41. The van der Waals surface area contributed by atoms with Crippen molar-refractivity contribution in [1.82, 2.24) is 20.4 Å². The summed E-state index contributed by atoms with van der Waals surface area (Å²) < 4.78 is 10.1. The van der Waals surface area contributed by atoms with Crippen LogP contribution >= 0.6 is 11.6 Å². The van der Waals surface area contributed by atoms with E-state index in [4.69, 9.17) is 20.9 Å². The average Bonchev–Trinajstić information content (AvgIpc) is 3.10. The Bertz CT molecular complexity index is 758. The number of nitrogens with zero attached hydrogens (tertiary/aromatic N) is 3. The van der Waals surface area contributed by atoms with E-state index in [1.807, 2.05) is 18.2 Å². The standard InChI is InChI=1S/C16H17ClN4O4/c17-12-4-2-1-3-11(12)10-18-15(23)16-19-13(20-25-16)9-14(22)21-5-7-24-8-6-21/h1-4H,5-10H2,(H,18,23). The van der Waals surface area contributed by atoms with Crippen molar-refractivity contribution < 1.29 is 18.8 Å². The van der Waals surface area contributed by atoms with E-state index in [1.165, 1.54) is 0 Å². The van der Waals surface area contributed by atoms with Crippen LogP contribution in [0.5, 0.6) is 0 Å². The number of carbonyl (C=O) groups is 2. The third-order valence-electron chi connectivity index (χ3n) is 3.73. The Morgan fingerprint density at radius 3 is 2.76 bits per heavy atom. The van der Waals surface area contributed by atoms with Gasteiger partial charge in [-0.1, -0.05) is 35.0 Å². The first-order chi connectivity index (χ1) is 12.1. The summed E-state index contributed by atoms with van der Waals surface area (Å²) in [4.78, 5) is 29.9. The highest BCUT2D eigenvalue weighted by atomic mass is 35.5. The smallest absolute Gasteiger partial charge is 0.315 e. The number of amides is 2. The van der Waals surface area contributed by atoms with Gasteiger partial charge >= 0.3 is 11.8 Å². The normalized spacial score (nSPS) is 14.4. The molecule has 9 heteroatoms. The summed E-state index contributed by atoms with van der Waals surface area (Å²) in [7, 11) is 0. The van der Waals surface area contributed by atoms with Crippen molar-refractivity contribution in [2.24, 2.45) is 0 Å². The Labute approximate surface area is 149 Å². The lowest BCUT2D eigenvalue weighted by Gasteiger charge is -2.26. The number of benzene rings is 1. The highest BCUT2D eigenvalue weighted by Crippen LogP contribution is 2.14. The first-order valence-electron chi connectivity index (χ1n) is 7.83. The number of ether oxygens (including phenoxy) is 1. The predicted molar refractivity (Wildman–Crippen MR) is 88.0 cm³/mol. The molecule has 2 aromatic rings. The molecule has 0 radical (unpaired) electrons. The van der Waals surface area contributed by atoms with Gasteiger partial charge in [0.2, 0.25) is 5.91 Å². The number of carbonyl (C=O) groups excluding carboxylic acids is 2. The van der Waals surface area contributed by atoms with Gasteiger partial charge in [-0.3, -0.25) is 9.59 Å². The van der Waals surface area contributed by atoms with E-state index in [-0.39, 0.29) is 30.6 Å². The van der Waals surface area contributed by atoms with Crippen molar-refractivity contribution in [2.45, 2.75) is 13.0 Å². The molecule has 8 nitrogen and oxygen atoms in total. The minimum absolute atomic E-state index is 0.0126. The highest BCUT2D eigenvalue weighted by molar-refractivity contribution is 6.31. The molecule has 2 heterocycles. The number of rotatable bonds is 5. The quantitative estimate of drug-likeness (QED) is 0.851. The summed E-state index contributed by atoms with van der Waals surface area (Å²) in [6, 6.07) is 7.19. The van der Waals surface area contributed by atoms with Crippen molar-refractivity contribution in [3.05, 3.63) is 46.6 Å². The molecule has 0 atom stereocenters. The summed E-state index contributed by atoms with van der Waals surface area (Å²) in [5.41, 5.74) is 0.778. The molecule has 0 spiro atoms. The molecule has 1 N–H and O–H groups in total. The summed E-state index contributed by atoms with van der Waals surface area (Å²) in [6.45, 7) is 2.37. The van der Waals surface area contributed by atoms with Gasteiger partial charge in [-0.05, 0) is 11.6 Å². The Hall–Kier alpha value is -2.45. The maximum atomic E-state index is 12.1. The molecule has 1 aliphatic rings. The molecule has 0 saturated carbocycles. The van der Waals surface area contributed by atoms with Gasteiger partial charge in [-0.15, -0.1) is 0 Å². The number of hydrogen-bond donors (Lipinski definition) is 1. The summed E-state index contributed by atoms with van der Waals surface area (Å²) in [5.74, 6) is -0.638. The first-order valence-corrected chi connectivity index (χ1v) is 8.21. The second-order valence-corrected chi connectivity index (χ2v) is 5.87. The molecule has 1 aliphatic heterocycles. The van der Waals surface area contributed by atoms with Crippen LogP contribution in [0, 0.1) is 0 Å². The maximum Gasteiger partial charge on any atom is 0.315 e. The molecular formula is C16H17ClN4O4. The van der Waals surface area contributed by atoms with E-state index in [1.54, 1.807) is 11.0 Å². The molecule has 1 fully saturated rings. The largest absolute Gasteiger partial charge is 0.378 e. The van der Waals surface area contributed by atoms with Gasteiger partial charge in [-0.25, -0.2) is 0 Å². The summed E-state index contributed by atoms with van der Waals surface area (Å²) in [5, 5.41) is 6.91. The molecule has 0 aliphatic carbocycles. The zero-order valence-electron chi connectivity index (χ0n) is 13.4. The number of halogens is 1. The second kappa shape index (κ2) is 8.09. The van der Waals surface area contributed by atoms with E-state index < -0.39 is 5.91 Å². The minimum Gasteiger partial charge on any atom is -0.378 e.